The molecule has 0 N–H and O–H groups in total. The maximum absolute atomic E-state index is 12.9. The predicted octanol–water partition coefficient (Wildman–Crippen LogP) is 4.03. The van der Waals surface area contributed by atoms with Crippen molar-refractivity contribution in [3.63, 3.8) is 0 Å². The first-order valence-corrected chi connectivity index (χ1v) is 5.44. The van der Waals surface area contributed by atoms with Gasteiger partial charge in [-0.1, -0.05) is 17.7 Å². The standard InChI is InChI=1S/C11H12ClF2N/c12-10-2-1-9(7-15-10)8-3-5-11(13,14)6-4-8/h1-2,7-8H,3-6H2. The van der Waals surface area contributed by atoms with E-state index >= 15 is 0 Å². The van der Waals surface area contributed by atoms with E-state index in [1.807, 2.05) is 6.07 Å². The zero-order valence-electron chi connectivity index (χ0n) is 8.22. The molecule has 4 heteroatoms. The summed E-state index contributed by atoms with van der Waals surface area (Å²) in [7, 11) is 0. The van der Waals surface area contributed by atoms with Crippen LogP contribution >= 0.6 is 11.6 Å². The van der Waals surface area contributed by atoms with Crippen LogP contribution in [0.2, 0.25) is 5.15 Å². The van der Waals surface area contributed by atoms with E-state index in [0.717, 1.165) is 5.56 Å². The third-order valence-electron chi connectivity index (χ3n) is 2.94. The number of hydrogen-bond acceptors (Lipinski definition) is 1. The van der Waals surface area contributed by atoms with Gasteiger partial charge >= 0.3 is 0 Å². The summed E-state index contributed by atoms with van der Waals surface area (Å²) in [5.74, 6) is -2.24. The Balaban J connectivity index is 2.04. The molecule has 1 fully saturated rings. The lowest BCUT2D eigenvalue weighted by molar-refractivity contribution is -0.0382. The van der Waals surface area contributed by atoms with Crippen LogP contribution in [0.5, 0.6) is 0 Å². The Morgan fingerprint density at radius 3 is 2.47 bits per heavy atom. The molecule has 0 saturated heterocycles. The van der Waals surface area contributed by atoms with Crippen molar-refractivity contribution in [3.8, 4) is 0 Å². The highest BCUT2D eigenvalue weighted by atomic mass is 35.5. The van der Waals surface area contributed by atoms with Crippen LogP contribution in [0.3, 0.4) is 0 Å². The van der Waals surface area contributed by atoms with Crippen molar-refractivity contribution in [2.45, 2.75) is 37.5 Å². The van der Waals surface area contributed by atoms with Crippen LogP contribution in [-0.4, -0.2) is 10.9 Å². The third-order valence-corrected chi connectivity index (χ3v) is 3.16. The fourth-order valence-electron chi connectivity index (χ4n) is 2.00. The summed E-state index contributed by atoms with van der Waals surface area (Å²) >= 11 is 5.66. The molecule has 1 aliphatic carbocycles. The normalized spacial score (nSPS) is 21.5. The van der Waals surface area contributed by atoms with Gasteiger partial charge in [-0.25, -0.2) is 13.8 Å². The molecule has 1 aromatic heterocycles. The predicted molar refractivity (Wildman–Crippen MR) is 55.4 cm³/mol. The minimum Gasteiger partial charge on any atom is -0.244 e. The Kier molecular flexibility index (Phi) is 2.91. The van der Waals surface area contributed by atoms with Crippen molar-refractivity contribution in [2.24, 2.45) is 0 Å². The van der Waals surface area contributed by atoms with Crippen molar-refractivity contribution < 1.29 is 8.78 Å². The van der Waals surface area contributed by atoms with Crippen molar-refractivity contribution in [1.29, 1.82) is 0 Å². The van der Waals surface area contributed by atoms with E-state index in [-0.39, 0.29) is 18.8 Å². The lowest BCUT2D eigenvalue weighted by Gasteiger charge is -2.28. The van der Waals surface area contributed by atoms with Crippen molar-refractivity contribution in [3.05, 3.63) is 29.0 Å². The van der Waals surface area contributed by atoms with Gasteiger partial charge < -0.3 is 0 Å². The van der Waals surface area contributed by atoms with E-state index in [1.165, 1.54) is 0 Å². The number of pyridine rings is 1. The highest BCUT2D eigenvalue weighted by molar-refractivity contribution is 6.29. The summed E-state index contributed by atoms with van der Waals surface area (Å²) in [4.78, 5) is 3.97. The maximum atomic E-state index is 12.9. The molecule has 0 unspecified atom stereocenters. The van der Waals surface area contributed by atoms with Gasteiger partial charge in [-0.15, -0.1) is 0 Å². The van der Waals surface area contributed by atoms with Crippen LogP contribution in [0.1, 0.15) is 37.2 Å². The molecule has 0 bridgehead atoms. The second-order valence-corrected chi connectivity index (χ2v) is 4.43. The number of rotatable bonds is 1. The maximum Gasteiger partial charge on any atom is 0.248 e. The van der Waals surface area contributed by atoms with Crippen LogP contribution < -0.4 is 0 Å². The first kappa shape index (κ1) is 10.8. The number of hydrogen-bond donors (Lipinski definition) is 0. The molecule has 1 aliphatic rings. The highest BCUT2D eigenvalue weighted by Gasteiger charge is 2.35. The van der Waals surface area contributed by atoms with Gasteiger partial charge in [-0.2, -0.15) is 0 Å². The lowest BCUT2D eigenvalue weighted by atomic mass is 9.83. The molecule has 15 heavy (non-hydrogen) atoms. The van der Waals surface area contributed by atoms with Gasteiger partial charge in [-0.3, -0.25) is 0 Å². The largest absolute Gasteiger partial charge is 0.248 e. The van der Waals surface area contributed by atoms with Gasteiger partial charge in [0.2, 0.25) is 5.92 Å². The molecule has 0 radical (unpaired) electrons. The van der Waals surface area contributed by atoms with Crippen molar-refractivity contribution >= 4 is 11.6 Å². The SMILES string of the molecule is FC1(F)CCC(c2ccc(Cl)nc2)CC1. The van der Waals surface area contributed by atoms with E-state index in [9.17, 15) is 8.78 Å². The molecule has 0 aliphatic heterocycles. The summed E-state index contributed by atoms with van der Waals surface area (Å²) in [6, 6.07) is 3.59. The summed E-state index contributed by atoms with van der Waals surface area (Å²) in [6.45, 7) is 0. The van der Waals surface area contributed by atoms with Crippen molar-refractivity contribution in [1.82, 2.24) is 4.98 Å². The molecular weight excluding hydrogens is 220 g/mol. The van der Waals surface area contributed by atoms with Gasteiger partial charge in [0.15, 0.2) is 0 Å². The zero-order valence-corrected chi connectivity index (χ0v) is 8.97. The van der Waals surface area contributed by atoms with Gasteiger partial charge in [0, 0.05) is 19.0 Å². The Morgan fingerprint density at radius 2 is 1.93 bits per heavy atom. The van der Waals surface area contributed by atoms with E-state index in [1.54, 1.807) is 12.3 Å². The Labute approximate surface area is 92.5 Å². The molecule has 0 amide bonds. The summed E-state index contributed by atoms with van der Waals surface area (Å²) < 4.78 is 25.8. The quantitative estimate of drug-likeness (QED) is 0.665. The topological polar surface area (TPSA) is 12.9 Å². The van der Waals surface area contributed by atoms with E-state index in [4.69, 9.17) is 11.6 Å². The smallest absolute Gasteiger partial charge is 0.244 e. The minimum atomic E-state index is -2.46. The van der Waals surface area contributed by atoms with Gasteiger partial charge in [-0.05, 0) is 30.4 Å². The first-order valence-electron chi connectivity index (χ1n) is 5.06. The molecule has 82 valence electrons. The number of halogens is 3. The molecule has 1 saturated carbocycles. The minimum absolute atomic E-state index is 0.0136. The first-order chi connectivity index (χ1) is 7.07. The summed E-state index contributed by atoms with van der Waals surface area (Å²) in [5, 5.41) is 0.444. The van der Waals surface area contributed by atoms with Crippen molar-refractivity contribution in [2.75, 3.05) is 0 Å². The van der Waals surface area contributed by atoms with Gasteiger partial charge in [0.05, 0.1) is 0 Å². The van der Waals surface area contributed by atoms with Crippen LogP contribution in [0.4, 0.5) is 8.78 Å². The monoisotopic (exact) mass is 231 g/mol. The second-order valence-electron chi connectivity index (χ2n) is 4.04. The molecule has 1 nitrogen and oxygen atoms in total. The fraction of sp³-hybridized carbons (Fsp3) is 0.545. The Bertz CT molecular complexity index is 327. The number of nitrogens with zero attached hydrogens (tertiary/aromatic N) is 1. The molecule has 1 aromatic rings. The van der Waals surface area contributed by atoms with Gasteiger partial charge in [0.1, 0.15) is 5.15 Å². The Hall–Kier alpha value is -0.700. The summed E-state index contributed by atoms with van der Waals surface area (Å²) in [5.41, 5.74) is 1.02. The van der Waals surface area contributed by atoms with Gasteiger partial charge in [0.25, 0.3) is 0 Å². The van der Waals surface area contributed by atoms with E-state index in [0.29, 0.717) is 18.0 Å². The fourth-order valence-corrected chi connectivity index (χ4v) is 2.11. The zero-order chi connectivity index (χ0) is 10.9. The van der Waals surface area contributed by atoms with Crippen LogP contribution in [0.25, 0.3) is 0 Å². The molecular formula is C11H12ClF2N. The molecule has 1 heterocycles. The highest BCUT2D eigenvalue weighted by Crippen LogP contribution is 2.40. The van der Waals surface area contributed by atoms with E-state index < -0.39 is 5.92 Å². The summed E-state index contributed by atoms with van der Waals surface area (Å²) in [6.07, 6.45) is 2.74. The number of aromatic nitrogens is 1. The second kappa shape index (κ2) is 4.05. The van der Waals surface area contributed by atoms with Crippen LogP contribution in [-0.2, 0) is 0 Å². The van der Waals surface area contributed by atoms with Crippen LogP contribution in [0, 0.1) is 0 Å². The molecule has 0 aromatic carbocycles. The Morgan fingerprint density at radius 1 is 1.27 bits per heavy atom. The number of alkyl halides is 2. The van der Waals surface area contributed by atoms with E-state index in [2.05, 4.69) is 4.98 Å². The molecule has 2 rings (SSSR count). The van der Waals surface area contributed by atoms with Crippen LogP contribution in [0.15, 0.2) is 18.3 Å². The third kappa shape index (κ3) is 2.65. The lowest BCUT2D eigenvalue weighted by Crippen LogP contribution is -2.23. The molecule has 0 atom stereocenters. The molecule has 0 spiro atoms. The average molecular weight is 232 g/mol. The average Bonchev–Trinajstić information content (AvgIpc) is 2.20.